The summed E-state index contributed by atoms with van der Waals surface area (Å²) in [7, 11) is 3.63. The Morgan fingerprint density at radius 2 is 2.03 bits per heavy atom. The Kier molecular flexibility index (Phi) is 7.01. The summed E-state index contributed by atoms with van der Waals surface area (Å²) in [5.41, 5.74) is 6.67. The zero-order valence-electron chi connectivity index (χ0n) is 17.7. The highest BCUT2D eigenvalue weighted by Gasteiger charge is 2.30. The number of hydrogen-bond acceptors (Lipinski definition) is 7. The highest BCUT2D eigenvalue weighted by Crippen LogP contribution is 2.29. The number of ether oxygens (including phenoxy) is 1. The van der Waals surface area contributed by atoms with Gasteiger partial charge in [-0.1, -0.05) is 12.1 Å². The minimum atomic E-state index is -4.43. The van der Waals surface area contributed by atoms with Crippen LogP contribution in [0.1, 0.15) is 24.0 Å². The van der Waals surface area contributed by atoms with E-state index < -0.39 is 17.8 Å². The SMILES string of the molecule is CN(C)c1nc(N)c2ncn(CCCCOC(=O)NCc3cccc(C(F)(F)F)c3)c2n1. The first kappa shape index (κ1) is 23.1. The van der Waals surface area contributed by atoms with Crippen LogP contribution in [-0.2, 0) is 24.0 Å². The van der Waals surface area contributed by atoms with Gasteiger partial charge in [0.15, 0.2) is 11.5 Å². The first-order valence-corrected chi connectivity index (χ1v) is 9.87. The number of unbranched alkanes of at least 4 members (excludes halogenated alkanes) is 1. The van der Waals surface area contributed by atoms with Gasteiger partial charge < -0.3 is 25.3 Å². The Bertz CT molecular complexity index is 1080. The van der Waals surface area contributed by atoms with Gasteiger partial charge in [0.25, 0.3) is 0 Å². The lowest BCUT2D eigenvalue weighted by Crippen LogP contribution is -2.24. The molecule has 1 amide bonds. The van der Waals surface area contributed by atoms with Gasteiger partial charge in [-0.2, -0.15) is 23.1 Å². The Balaban J connectivity index is 1.43. The van der Waals surface area contributed by atoms with Crippen molar-refractivity contribution in [2.24, 2.45) is 0 Å². The molecule has 1 aromatic carbocycles. The Hall–Kier alpha value is -3.57. The molecule has 0 aliphatic carbocycles. The van der Waals surface area contributed by atoms with E-state index in [1.54, 1.807) is 11.2 Å². The summed E-state index contributed by atoms with van der Waals surface area (Å²) in [6, 6.07) is 4.77. The number of alkyl carbamates (subject to hydrolysis) is 1. The number of benzene rings is 1. The molecule has 0 aliphatic heterocycles. The molecule has 0 atom stereocenters. The average molecular weight is 451 g/mol. The molecule has 0 bridgehead atoms. The molecule has 0 spiro atoms. The van der Waals surface area contributed by atoms with E-state index in [1.807, 2.05) is 18.7 Å². The molecule has 32 heavy (non-hydrogen) atoms. The summed E-state index contributed by atoms with van der Waals surface area (Å²) in [6.07, 6.45) is -2.21. The van der Waals surface area contributed by atoms with Gasteiger partial charge in [-0.3, -0.25) is 0 Å². The normalized spacial score (nSPS) is 11.5. The fourth-order valence-electron chi connectivity index (χ4n) is 2.95. The number of hydrogen-bond donors (Lipinski definition) is 2. The number of aryl methyl sites for hydroxylation is 1. The summed E-state index contributed by atoms with van der Waals surface area (Å²) in [6.45, 7) is 0.704. The van der Waals surface area contributed by atoms with E-state index in [1.165, 1.54) is 12.1 Å². The molecular weight excluding hydrogens is 427 g/mol. The number of halogens is 3. The summed E-state index contributed by atoms with van der Waals surface area (Å²) in [5.74, 6) is 0.788. The number of carbonyl (C=O) groups excluding carboxylic acids is 1. The van der Waals surface area contributed by atoms with E-state index in [9.17, 15) is 18.0 Å². The third kappa shape index (κ3) is 5.77. The minimum Gasteiger partial charge on any atom is -0.450 e. The van der Waals surface area contributed by atoms with Gasteiger partial charge >= 0.3 is 12.3 Å². The standard InChI is InChI=1S/C20H24F3N7O2/c1-29(2)18-27-16(24)15-17(28-18)30(12-26-15)8-3-4-9-32-19(31)25-11-13-6-5-7-14(10-13)20(21,22)23/h5-7,10,12H,3-4,8-9,11H2,1-2H3,(H,25,31)(H2,24,27,28). The van der Waals surface area contributed by atoms with E-state index in [-0.39, 0.29) is 13.2 Å². The number of anilines is 2. The maximum Gasteiger partial charge on any atom is 0.416 e. The van der Waals surface area contributed by atoms with Crippen molar-refractivity contribution in [2.75, 3.05) is 31.3 Å². The maximum absolute atomic E-state index is 12.7. The predicted molar refractivity (Wildman–Crippen MR) is 113 cm³/mol. The fraction of sp³-hybridized carbons (Fsp3) is 0.400. The number of nitrogens with two attached hydrogens (primary N) is 1. The number of alkyl halides is 3. The Morgan fingerprint density at radius 1 is 1.25 bits per heavy atom. The quantitative estimate of drug-likeness (QED) is 0.506. The molecule has 3 rings (SSSR count). The van der Waals surface area contributed by atoms with Crippen LogP contribution in [0, 0.1) is 0 Å². The number of nitrogen functional groups attached to an aromatic ring is 1. The van der Waals surface area contributed by atoms with E-state index in [0.29, 0.717) is 47.9 Å². The van der Waals surface area contributed by atoms with Crippen molar-refractivity contribution in [3.8, 4) is 0 Å². The number of nitrogens with zero attached hydrogens (tertiary/aromatic N) is 5. The highest BCUT2D eigenvalue weighted by molar-refractivity contribution is 5.82. The molecule has 0 fully saturated rings. The zero-order valence-corrected chi connectivity index (χ0v) is 17.7. The summed E-state index contributed by atoms with van der Waals surface area (Å²) < 4.78 is 45.2. The van der Waals surface area contributed by atoms with Gasteiger partial charge in [-0.05, 0) is 30.5 Å². The van der Waals surface area contributed by atoms with Gasteiger partial charge in [0.05, 0.1) is 18.5 Å². The topological polar surface area (TPSA) is 111 Å². The molecule has 0 unspecified atom stereocenters. The van der Waals surface area contributed by atoms with Gasteiger partial charge in [-0.15, -0.1) is 0 Å². The molecule has 0 saturated carbocycles. The van der Waals surface area contributed by atoms with Crippen molar-refractivity contribution in [1.29, 1.82) is 0 Å². The van der Waals surface area contributed by atoms with Crippen LogP contribution in [0.5, 0.6) is 0 Å². The van der Waals surface area contributed by atoms with Crippen molar-refractivity contribution < 1.29 is 22.7 Å². The van der Waals surface area contributed by atoms with Gasteiger partial charge in [0.2, 0.25) is 5.95 Å². The predicted octanol–water partition coefficient (Wildman–Crippen LogP) is 3.20. The van der Waals surface area contributed by atoms with Crippen LogP contribution in [0.25, 0.3) is 11.2 Å². The van der Waals surface area contributed by atoms with E-state index in [2.05, 4.69) is 20.3 Å². The second-order valence-electron chi connectivity index (χ2n) is 7.31. The number of aromatic nitrogens is 4. The van der Waals surface area contributed by atoms with Crippen LogP contribution in [0.15, 0.2) is 30.6 Å². The van der Waals surface area contributed by atoms with E-state index in [4.69, 9.17) is 10.5 Å². The van der Waals surface area contributed by atoms with Crippen molar-refractivity contribution in [2.45, 2.75) is 32.1 Å². The lowest BCUT2D eigenvalue weighted by molar-refractivity contribution is -0.137. The fourth-order valence-corrected chi connectivity index (χ4v) is 2.95. The largest absolute Gasteiger partial charge is 0.450 e. The average Bonchev–Trinajstić information content (AvgIpc) is 3.15. The smallest absolute Gasteiger partial charge is 0.416 e. The molecular formula is C20H24F3N7O2. The summed E-state index contributed by atoms with van der Waals surface area (Å²) in [5, 5.41) is 2.45. The molecule has 172 valence electrons. The number of amides is 1. The Labute approximate surface area is 182 Å². The number of imidazole rings is 1. The van der Waals surface area contributed by atoms with Crippen molar-refractivity contribution in [3.05, 3.63) is 41.7 Å². The van der Waals surface area contributed by atoms with Gasteiger partial charge in [0, 0.05) is 27.2 Å². The van der Waals surface area contributed by atoms with Crippen molar-refractivity contribution in [3.63, 3.8) is 0 Å². The number of fused-ring (bicyclic) bond motifs is 1. The van der Waals surface area contributed by atoms with Crippen LogP contribution >= 0.6 is 0 Å². The van der Waals surface area contributed by atoms with E-state index >= 15 is 0 Å². The van der Waals surface area contributed by atoms with Crippen LogP contribution < -0.4 is 16.0 Å². The minimum absolute atomic E-state index is 0.0564. The van der Waals surface area contributed by atoms with Gasteiger partial charge in [0.1, 0.15) is 5.52 Å². The van der Waals surface area contributed by atoms with Crippen LogP contribution in [0.3, 0.4) is 0 Å². The lowest BCUT2D eigenvalue weighted by atomic mass is 10.1. The first-order valence-electron chi connectivity index (χ1n) is 9.87. The number of carbonyl (C=O) groups is 1. The molecule has 0 radical (unpaired) electrons. The zero-order chi connectivity index (χ0) is 23.3. The first-order chi connectivity index (χ1) is 15.1. The number of rotatable bonds is 8. The molecule has 12 heteroatoms. The molecule has 0 saturated heterocycles. The van der Waals surface area contributed by atoms with Crippen molar-refractivity contribution in [1.82, 2.24) is 24.8 Å². The van der Waals surface area contributed by atoms with E-state index in [0.717, 1.165) is 12.1 Å². The van der Waals surface area contributed by atoms with Crippen LogP contribution in [0.2, 0.25) is 0 Å². The third-order valence-corrected chi connectivity index (χ3v) is 4.60. The second-order valence-corrected chi connectivity index (χ2v) is 7.31. The molecule has 3 aromatic rings. The van der Waals surface area contributed by atoms with Crippen molar-refractivity contribution >= 4 is 29.0 Å². The molecule has 9 nitrogen and oxygen atoms in total. The molecule has 2 heterocycles. The van der Waals surface area contributed by atoms with Gasteiger partial charge in [-0.25, -0.2) is 9.78 Å². The second kappa shape index (κ2) is 9.71. The lowest BCUT2D eigenvalue weighted by Gasteiger charge is -2.11. The highest BCUT2D eigenvalue weighted by atomic mass is 19.4. The molecule has 0 aliphatic rings. The monoisotopic (exact) mass is 451 g/mol. The Morgan fingerprint density at radius 3 is 2.75 bits per heavy atom. The molecule has 3 N–H and O–H groups in total. The third-order valence-electron chi connectivity index (χ3n) is 4.60. The number of nitrogens with one attached hydrogen (secondary N) is 1. The maximum atomic E-state index is 12.7. The summed E-state index contributed by atoms with van der Waals surface area (Å²) in [4.78, 5) is 26.5. The van der Waals surface area contributed by atoms with Crippen LogP contribution in [0.4, 0.5) is 29.7 Å². The van der Waals surface area contributed by atoms with Crippen LogP contribution in [-0.4, -0.2) is 46.3 Å². The molecule has 2 aromatic heterocycles. The summed E-state index contributed by atoms with van der Waals surface area (Å²) >= 11 is 0.